The van der Waals surface area contributed by atoms with Crippen LogP contribution in [0.3, 0.4) is 0 Å². The molecule has 0 N–H and O–H groups in total. The maximum Gasteiger partial charge on any atom is 0.0811 e. The van der Waals surface area contributed by atoms with Gasteiger partial charge >= 0.3 is 0 Å². The lowest BCUT2D eigenvalue weighted by Gasteiger charge is -2.25. The lowest BCUT2D eigenvalue weighted by atomic mass is 9.93. The number of hydrogen-bond acceptors (Lipinski definition) is 1. The summed E-state index contributed by atoms with van der Waals surface area (Å²) in [6, 6.07) is 53.1. The Morgan fingerprint density at radius 2 is 1.18 bits per heavy atom. The van der Waals surface area contributed by atoms with Crippen LogP contribution < -0.4 is 0 Å². The molecule has 238 valence electrons. The molecule has 0 fully saturated rings. The Labute approximate surface area is 291 Å². The van der Waals surface area contributed by atoms with Crippen molar-refractivity contribution >= 4 is 55.0 Å². The van der Waals surface area contributed by atoms with Crippen molar-refractivity contribution in [2.75, 3.05) is 0 Å². The van der Waals surface area contributed by atoms with Crippen LogP contribution in [0.5, 0.6) is 0 Å². The van der Waals surface area contributed by atoms with Crippen LogP contribution in [-0.4, -0.2) is 14.8 Å². The lowest BCUT2D eigenvalue weighted by molar-refractivity contribution is 0.729. The first-order valence-electron chi connectivity index (χ1n) is 17.6. The second-order valence-electron chi connectivity index (χ2n) is 13.4. The normalized spacial score (nSPS) is 16.2. The Balaban J connectivity index is 1.16. The second kappa shape index (κ2) is 11.7. The summed E-state index contributed by atoms with van der Waals surface area (Å²) >= 11 is 0. The molecule has 0 amide bonds. The predicted octanol–water partition coefficient (Wildman–Crippen LogP) is 12.3. The maximum atomic E-state index is 5.36. The van der Waals surface area contributed by atoms with Gasteiger partial charge in [-0.15, -0.1) is 0 Å². The number of para-hydroxylation sites is 3. The molecule has 8 aromatic rings. The molecule has 50 heavy (non-hydrogen) atoms. The predicted molar refractivity (Wildman–Crippen MR) is 211 cm³/mol. The third-order valence-corrected chi connectivity index (χ3v) is 10.5. The Kier molecular flexibility index (Phi) is 6.76. The van der Waals surface area contributed by atoms with Crippen LogP contribution in [0.1, 0.15) is 30.9 Å². The van der Waals surface area contributed by atoms with Crippen LogP contribution in [0.25, 0.3) is 66.1 Å². The zero-order valence-electron chi connectivity index (χ0n) is 27.7. The van der Waals surface area contributed by atoms with Gasteiger partial charge in [-0.1, -0.05) is 121 Å². The minimum atomic E-state index is 0.0572. The van der Waals surface area contributed by atoms with Gasteiger partial charge in [-0.2, -0.15) is 0 Å². The summed E-state index contributed by atoms with van der Waals surface area (Å²) in [5, 5.41) is 5.07. The van der Waals surface area contributed by atoms with E-state index in [2.05, 4.69) is 179 Å². The van der Waals surface area contributed by atoms with E-state index in [0.29, 0.717) is 0 Å². The molecule has 2 aromatic heterocycles. The minimum Gasteiger partial charge on any atom is -0.313 e. The lowest BCUT2D eigenvalue weighted by Crippen LogP contribution is -2.14. The number of benzene rings is 6. The quantitative estimate of drug-likeness (QED) is 0.178. The molecule has 10 rings (SSSR count). The molecule has 3 heterocycles. The molecular formula is C47H35N3. The third-order valence-electron chi connectivity index (χ3n) is 10.5. The van der Waals surface area contributed by atoms with Gasteiger partial charge in [0.25, 0.3) is 0 Å². The maximum absolute atomic E-state index is 5.36. The van der Waals surface area contributed by atoms with Crippen molar-refractivity contribution in [2.24, 2.45) is 4.99 Å². The van der Waals surface area contributed by atoms with Crippen LogP contribution in [-0.2, 0) is 0 Å². The van der Waals surface area contributed by atoms with Crippen LogP contribution >= 0.6 is 0 Å². The highest BCUT2D eigenvalue weighted by atomic mass is 15.0. The molecule has 0 bridgehead atoms. The van der Waals surface area contributed by atoms with E-state index in [1.165, 1.54) is 77.3 Å². The number of aliphatic imine (C=N–C) groups is 1. The first-order valence-corrected chi connectivity index (χ1v) is 17.6. The van der Waals surface area contributed by atoms with Crippen molar-refractivity contribution in [1.82, 2.24) is 9.13 Å². The molecule has 1 unspecified atom stereocenters. The van der Waals surface area contributed by atoms with E-state index in [4.69, 9.17) is 4.99 Å². The summed E-state index contributed by atoms with van der Waals surface area (Å²) in [4.78, 5) is 5.36. The molecule has 1 aliphatic heterocycles. The number of hydrogen-bond donors (Lipinski definition) is 0. The fraction of sp³-hybridized carbons (Fsp3) is 0.0851. The summed E-state index contributed by atoms with van der Waals surface area (Å²) in [7, 11) is 0. The van der Waals surface area contributed by atoms with Gasteiger partial charge in [-0.05, 0) is 83.6 Å². The second-order valence-corrected chi connectivity index (χ2v) is 13.4. The molecule has 0 radical (unpaired) electrons. The molecule has 0 saturated heterocycles. The van der Waals surface area contributed by atoms with Crippen LogP contribution in [0, 0.1) is 0 Å². The Morgan fingerprint density at radius 1 is 0.540 bits per heavy atom. The fourth-order valence-electron chi connectivity index (χ4n) is 8.15. The topological polar surface area (TPSA) is 22.2 Å². The van der Waals surface area contributed by atoms with E-state index in [0.717, 1.165) is 25.0 Å². The summed E-state index contributed by atoms with van der Waals surface area (Å²) in [5.74, 6) is 0. The highest BCUT2D eigenvalue weighted by molar-refractivity contribution is 6.16. The fourth-order valence-corrected chi connectivity index (χ4v) is 8.15. The summed E-state index contributed by atoms with van der Waals surface area (Å²) in [5.41, 5.74) is 13.5. The van der Waals surface area contributed by atoms with Crippen molar-refractivity contribution in [3.8, 4) is 16.8 Å². The zero-order valence-corrected chi connectivity index (χ0v) is 27.7. The molecule has 2 aliphatic rings. The van der Waals surface area contributed by atoms with Crippen LogP contribution in [0.15, 0.2) is 180 Å². The molecule has 0 spiro atoms. The number of nitrogens with zero attached hydrogens (tertiary/aromatic N) is 3. The highest BCUT2D eigenvalue weighted by Gasteiger charge is 2.24. The summed E-state index contributed by atoms with van der Waals surface area (Å²) in [6.07, 6.45) is 11.9. The highest BCUT2D eigenvalue weighted by Crippen LogP contribution is 2.41. The standard InChI is InChI=1S/C47H35N3/c1-4-14-32(15-5-1)42-30-37(31-43(48-42)33-16-6-2-7-17-33)50-44-22-12-10-20-38(44)40-26-24-35(29-47(40)50)34-25-27-46-41(28-34)39-21-11-13-23-45(39)49(46)36-18-8-3-9-19-36/h1-6,8-16,18-29,31,42H,7,17,30H2. The monoisotopic (exact) mass is 641 g/mol. The van der Waals surface area contributed by atoms with E-state index < -0.39 is 0 Å². The van der Waals surface area contributed by atoms with Crippen LogP contribution in [0.4, 0.5) is 0 Å². The van der Waals surface area contributed by atoms with Crippen LogP contribution in [0.2, 0.25) is 0 Å². The van der Waals surface area contributed by atoms with E-state index in [9.17, 15) is 0 Å². The van der Waals surface area contributed by atoms with Gasteiger partial charge in [0.05, 0.1) is 33.8 Å². The number of dihydropyridines is 1. The van der Waals surface area contributed by atoms with Crippen molar-refractivity contribution < 1.29 is 0 Å². The molecule has 3 heteroatoms. The van der Waals surface area contributed by atoms with Gasteiger partial charge in [-0.25, -0.2) is 0 Å². The molecule has 3 nitrogen and oxygen atoms in total. The first kappa shape index (κ1) is 28.8. The third kappa shape index (κ3) is 4.69. The number of rotatable bonds is 5. The van der Waals surface area contributed by atoms with Crippen molar-refractivity contribution in [1.29, 1.82) is 0 Å². The molecular weight excluding hydrogens is 607 g/mol. The van der Waals surface area contributed by atoms with Gasteiger partial charge in [0.1, 0.15) is 0 Å². The molecule has 1 atom stereocenters. The Hall–Kier alpha value is -6.19. The van der Waals surface area contributed by atoms with Gasteiger partial charge in [0.15, 0.2) is 0 Å². The molecule has 1 aliphatic carbocycles. The average Bonchev–Trinajstić information content (AvgIpc) is 3.71. The van der Waals surface area contributed by atoms with E-state index in [1.807, 2.05) is 0 Å². The van der Waals surface area contributed by atoms with E-state index in [-0.39, 0.29) is 6.04 Å². The van der Waals surface area contributed by atoms with Gasteiger partial charge < -0.3 is 9.13 Å². The van der Waals surface area contributed by atoms with Crippen molar-refractivity contribution in [3.63, 3.8) is 0 Å². The molecule has 0 saturated carbocycles. The number of aromatic nitrogens is 2. The zero-order chi connectivity index (χ0) is 33.0. The minimum absolute atomic E-state index is 0.0572. The van der Waals surface area contributed by atoms with Gasteiger partial charge in [0, 0.05) is 39.4 Å². The smallest absolute Gasteiger partial charge is 0.0811 e. The largest absolute Gasteiger partial charge is 0.313 e. The van der Waals surface area contributed by atoms with E-state index in [1.54, 1.807) is 0 Å². The van der Waals surface area contributed by atoms with Gasteiger partial charge in [0.2, 0.25) is 0 Å². The number of fused-ring (bicyclic) bond motifs is 6. The summed E-state index contributed by atoms with van der Waals surface area (Å²) in [6.45, 7) is 0. The Bertz CT molecular complexity index is 2720. The van der Waals surface area contributed by atoms with E-state index >= 15 is 0 Å². The van der Waals surface area contributed by atoms with Crippen molar-refractivity contribution in [2.45, 2.75) is 25.3 Å². The SMILES string of the molecule is C1=CCCC(C2=NC(c3ccccc3)CC(n3c4ccccc4c4ccc(-c5ccc6c(c5)c5ccccc5n6-c5ccccc5)cc43)=C2)=C1. The summed E-state index contributed by atoms with van der Waals surface area (Å²) < 4.78 is 4.89. The average molecular weight is 642 g/mol. The number of allylic oxidation sites excluding steroid dienone is 5. The first-order chi connectivity index (χ1) is 24.8. The van der Waals surface area contributed by atoms with Gasteiger partial charge in [-0.3, -0.25) is 4.99 Å². The van der Waals surface area contributed by atoms with Crippen molar-refractivity contribution in [3.05, 3.63) is 181 Å². The molecule has 6 aromatic carbocycles. The Morgan fingerprint density at radius 3 is 1.96 bits per heavy atom.